The van der Waals surface area contributed by atoms with Gasteiger partial charge in [0.2, 0.25) is 11.8 Å². The highest BCUT2D eigenvalue weighted by Crippen LogP contribution is 2.38. The monoisotopic (exact) mass is 911 g/mol. The van der Waals surface area contributed by atoms with E-state index >= 15 is 0 Å². The summed E-state index contributed by atoms with van der Waals surface area (Å²) in [6.07, 6.45) is 13.1. The van der Waals surface area contributed by atoms with Gasteiger partial charge in [0.05, 0.1) is 53.4 Å². The van der Waals surface area contributed by atoms with Crippen molar-refractivity contribution in [2.75, 3.05) is 55.4 Å². The molecule has 2 saturated carbocycles. The molecule has 3 aromatic heterocycles. The third-order valence-corrected chi connectivity index (χ3v) is 15.0. The SMILES string of the molecule is CN(CCC1CCC(CNc2cccc3c2C(=O)N(C2CCC(=O)NC2=O)C3=O)CC1)CC1CCC(n2cc(NC(=S)c3cnn4ccc(N5C[C@H]6CC5CO6)nc34)c(C(F)F)n2)CC1. The van der Waals surface area contributed by atoms with Gasteiger partial charge in [-0.25, -0.2) is 18.3 Å². The van der Waals surface area contributed by atoms with Crippen LogP contribution in [0.25, 0.3) is 5.65 Å². The highest BCUT2D eigenvalue weighted by molar-refractivity contribution is 7.81. The van der Waals surface area contributed by atoms with Crippen molar-refractivity contribution in [2.24, 2.45) is 17.8 Å². The molecule has 344 valence electrons. The number of imide groups is 2. The number of nitrogens with one attached hydrogen (secondary N) is 3. The number of fused-ring (bicyclic) bond motifs is 4. The number of amides is 4. The van der Waals surface area contributed by atoms with Gasteiger partial charge in [0.25, 0.3) is 18.2 Å². The van der Waals surface area contributed by atoms with Gasteiger partial charge in [-0.15, -0.1) is 0 Å². The third kappa shape index (κ3) is 8.73. The van der Waals surface area contributed by atoms with Crippen LogP contribution in [-0.4, -0.2) is 121 Å². The van der Waals surface area contributed by atoms with Crippen LogP contribution in [0.3, 0.4) is 0 Å². The first-order valence-corrected chi connectivity index (χ1v) is 23.6. The summed E-state index contributed by atoms with van der Waals surface area (Å²) >= 11 is 5.76. The topological polar surface area (TPSA) is 171 Å². The molecule has 3 atom stereocenters. The van der Waals surface area contributed by atoms with Gasteiger partial charge in [-0.1, -0.05) is 31.1 Å². The predicted octanol–water partition coefficient (Wildman–Crippen LogP) is 6.00. The number of carbonyl (C=O) groups excluding carboxylic acids is 4. The zero-order valence-corrected chi connectivity index (χ0v) is 37.3. The fourth-order valence-corrected chi connectivity index (χ4v) is 11.3. The Kier molecular flexibility index (Phi) is 12.1. The molecular formula is C46H55F2N11O5S. The normalized spacial score (nSPS) is 26.8. The van der Waals surface area contributed by atoms with E-state index in [1.54, 1.807) is 33.7 Å². The van der Waals surface area contributed by atoms with Crippen molar-refractivity contribution in [1.82, 2.24) is 39.5 Å². The number of halogens is 2. The molecule has 3 N–H and O–H groups in total. The highest BCUT2D eigenvalue weighted by Gasteiger charge is 2.46. The molecule has 19 heteroatoms. The van der Waals surface area contributed by atoms with Crippen molar-refractivity contribution >= 4 is 63.7 Å². The average Bonchev–Trinajstić information content (AvgIpc) is 4.16. The smallest absolute Gasteiger partial charge is 0.284 e. The lowest BCUT2D eigenvalue weighted by atomic mass is 9.80. The first-order valence-electron chi connectivity index (χ1n) is 23.2. The number of rotatable bonds is 14. The lowest BCUT2D eigenvalue weighted by Crippen LogP contribution is -2.54. The van der Waals surface area contributed by atoms with Crippen LogP contribution in [0.2, 0.25) is 0 Å². The number of alkyl halides is 2. The van der Waals surface area contributed by atoms with Crippen molar-refractivity contribution in [3.05, 3.63) is 65.2 Å². The molecule has 1 aromatic carbocycles. The Morgan fingerprint density at radius 3 is 2.49 bits per heavy atom. The van der Waals surface area contributed by atoms with E-state index < -0.39 is 36.1 Å². The van der Waals surface area contributed by atoms with Crippen LogP contribution >= 0.6 is 12.2 Å². The second-order valence-electron chi connectivity index (χ2n) is 18.9. The Bertz CT molecular complexity index is 2500. The minimum atomic E-state index is -2.77. The predicted molar refractivity (Wildman–Crippen MR) is 241 cm³/mol. The lowest BCUT2D eigenvalue weighted by Gasteiger charge is -2.33. The van der Waals surface area contributed by atoms with Crippen LogP contribution in [-0.2, 0) is 14.3 Å². The van der Waals surface area contributed by atoms with Crippen LogP contribution in [0.5, 0.6) is 0 Å². The van der Waals surface area contributed by atoms with Gasteiger partial charge in [-0.05, 0) is 107 Å². The third-order valence-electron chi connectivity index (χ3n) is 14.7. The summed E-state index contributed by atoms with van der Waals surface area (Å²) in [5.41, 5.74) is 2.20. The average molecular weight is 912 g/mol. The van der Waals surface area contributed by atoms with Crippen LogP contribution in [0.1, 0.15) is 121 Å². The molecular weight excluding hydrogens is 857 g/mol. The fourth-order valence-electron chi connectivity index (χ4n) is 11.1. The van der Waals surface area contributed by atoms with E-state index in [0.29, 0.717) is 59.4 Å². The van der Waals surface area contributed by atoms with Crippen molar-refractivity contribution in [3.63, 3.8) is 0 Å². The summed E-state index contributed by atoms with van der Waals surface area (Å²) in [5, 5.41) is 17.6. The van der Waals surface area contributed by atoms with E-state index in [-0.39, 0.29) is 46.9 Å². The minimum Gasteiger partial charge on any atom is -0.384 e. The van der Waals surface area contributed by atoms with Gasteiger partial charge >= 0.3 is 0 Å². The summed E-state index contributed by atoms with van der Waals surface area (Å²) in [4.78, 5) is 61.8. The molecule has 2 bridgehead atoms. The van der Waals surface area contributed by atoms with Gasteiger partial charge < -0.3 is 25.2 Å². The number of benzene rings is 1. The second-order valence-corrected chi connectivity index (χ2v) is 19.3. The number of piperidine rings is 1. The van der Waals surface area contributed by atoms with Gasteiger partial charge in [0, 0.05) is 44.1 Å². The number of hydrogen-bond acceptors (Lipinski definition) is 12. The number of aromatic nitrogens is 5. The van der Waals surface area contributed by atoms with E-state index in [2.05, 4.69) is 43.0 Å². The van der Waals surface area contributed by atoms with Crippen molar-refractivity contribution in [2.45, 2.75) is 108 Å². The Labute approximate surface area is 380 Å². The molecule has 6 aliphatic rings. The second kappa shape index (κ2) is 18.1. The molecule has 2 unspecified atom stereocenters. The molecule has 7 heterocycles. The van der Waals surface area contributed by atoms with Crippen LogP contribution in [0, 0.1) is 17.8 Å². The van der Waals surface area contributed by atoms with Crippen LogP contribution < -0.4 is 20.9 Å². The maximum atomic E-state index is 14.4. The molecule has 0 spiro atoms. The molecule has 0 radical (unpaired) electrons. The van der Waals surface area contributed by atoms with Crippen molar-refractivity contribution < 1.29 is 32.7 Å². The summed E-state index contributed by atoms with van der Waals surface area (Å²) in [6.45, 7) is 4.18. The van der Waals surface area contributed by atoms with E-state index in [0.717, 1.165) is 94.6 Å². The molecule has 10 rings (SSSR count). The Morgan fingerprint density at radius 2 is 1.75 bits per heavy atom. The fraction of sp³-hybridized carbons (Fsp3) is 0.565. The van der Waals surface area contributed by atoms with Gasteiger partial charge in [0.1, 0.15) is 16.8 Å². The molecule has 3 saturated heterocycles. The first-order chi connectivity index (χ1) is 31.5. The van der Waals surface area contributed by atoms with E-state index in [9.17, 15) is 28.0 Å². The number of ether oxygens (including phenoxy) is 1. The van der Waals surface area contributed by atoms with Crippen LogP contribution in [0.15, 0.2) is 42.9 Å². The summed E-state index contributed by atoms with van der Waals surface area (Å²) in [5.74, 6) is 0.430. The summed E-state index contributed by atoms with van der Waals surface area (Å²) in [7, 11) is 2.20. The molecule has 4 amide bonds. The molecule has 5 fully saturated rings. The number of hydrogen-bond donors (Lipinski definition) is 3. The molecule has 2 aliphatic carbocycles. The van der Waals surface area contributed by atoms with Gasteiger partial charge in [0.15, 0.2) is 11.3 Å². The van der Waals surface area contributed by atoms with E-state index in [4.69, 9.17) is 21.9 Å². The molecule has 65 heavy (non-hydrogen) atoms. The maximum absolute atomic E-state index is 14.4. The molecule has 4 aromatic rings. The van der Waals surface area contributed by atoms with Crippen molar-refractivity contribution in [3.8, 4) is 0 Å². The Morgan fingerprint density at radius 1 is 0.969 bits per heavy atom. The van der Waals surface area contributed by atoms with Gasteiger partial charge in [-0.2, -0.15) is 10.2 Å². The molecule has 4 aliphatic heterocycles. The zero-order valence-electron chi connectivity index (χ0n) is 36.5. The first kappa shape index (κ1) is 43.5. The van der Waals surface area contributed by atoms with Gasteiger partial charge in [-0.3, -0.25) is 34.1 Å². The Balaban J connectivity index is 0.665. The lowest BCUT2D eigenvalue weighted by molar-refractivity contribution is -0.136. The summed E-state index contributed by atoms with van der Waals surface area (Å²) < 4.78 is 37.9. The quantitative estimate of drug-likeness (QED) is 0.0996. The zero-order chi connectivity index (χ0) is 44.9. The molecule has 16 nitrogen and oxygen atoms in total. The van der Waals surface area contributed by atoms with E-state index in [1.165, 1.54) is 0 Å². The minimum absolute atomic E-state index is 0.0298. The highest BCUT2D eigenvalue weighted by atomic mass is 32.1. The number of anilines is 3. The maximum Gasteiger partial charge on any atom is 0.284 e. The summed E-state index contributed by atoms with van der Waals surface area (Å²) in [6, 6.07) is 6.44. The number of carbonyl (C=O) groups is 4. The Hall–Kier alpha value is -5.40. The van der Waals surface area contributed by atoms with E-state index in [1.807, 2.05) is 18.3 Å². The largest absolute Gasteiger partial charge is 0.384 e. The number of nitrogens with zero attached hydrogens (tertiary/aromatic N) is 8. The standard InChI is InChI=1S/C46H55F2N11O5S/c1-55(17-15-26-5-7-27(8-6-26)20-49-34-4-2-3-32-39(34)46(63)59(45(32)62)36-13-14-38(60)53-43(36)61)22-28-9-11-29(12-10-28)58-24-35(40(54-58)41(47)48)51-44(65)33-21-50-57-18-16-37(52-42(33)57)56-23-31-19-30(56)25-64-31/h2-4,16,18,21,24,26-31,36,41,49H,5-15,17,19-20,22-23,25H2,1H3,(H,51,65)(H,53,60,61)/t26?,27?,28?,29?,30?,31-,36?/m1/s1. The number of morpholine rings is 1. The number of thiocarbonyl (C=S) groups is 1. The van der Waals surface area contributed by atoms with Crippen molar-refractivity contribution in [1.29, 1.82) is 0 Å². The van der Waals surface area contributed by atoms with Crippen LogP contribution in [0.4, 0.5) is 26.0 Å².